The Balaban J connectivity index is 2.71. The molecule has 0 atom stereocenters. The van der Waals surface area contributed by atoms with Gasteiger partial charge in [-0.1, -0.05) is 28.1 Å². The lowest BCUT2D eigenvalue weighted by Crippen LogP contribution is -2.21. The first-order chi connectivity index (χ1) is 9.84. The third kappa shape index (κ3) is 7.29. The zero-order valence-corrected chi connectivity index (χ0v) is 14.1. The van der Waals surface area contributed by atoms with Gasteiger partial charge in [0.15, 0.2) is 0 Å². The number of rotatable bonds is 7. The molecule has 0 bridgehead atoms. The van der Waals surface area contributed by atoms with E-state index in [2.05, 4.69) is 15.9 Å². The summed E-state index contributed by atoms with van der Waals surface area (Å²) >= 11 is 3.27. The standard InChI is InChI=1S/C16H21BrO4/c1-4-20-15(18)9-14(11-17)21-13-7-5-12(6-8-13)10-16(2,3)19/h5-9,19H,4,10-11H2,1-3H3/b14-9+. The van der Waals surface area contributed by atoms with Gasteiger partial charge in [0.25, 0.3) is 0 Å². The Kier molecular flexibility index (Phi) is 6.92. The van der Waals surface area contributed by atoms with Crippen LogP contribution in [0, 0.1) is 0 Å². The number of hydrogen-bond acceptors (Lipinski definition) is 4. The third-order valence-electron chi connectivity index (χ3n) is 2.51. The van der Waals surface area contributed by atoms with Gasteiger partial charge in [0.05, 0.1) is 23.6 Å². The van der Waals surface area contributed by atoms with Gasteiger partial charge in [-0.15, -0.1) is 0 Å². The van der Waals surface area contributed by atoms with Crippen LogP contribution < -0.4 is 4.74 Å². The largest absolute Gasteiger partial charge is 0.463 e. The number of carbonyl (C=O) groups excluding carboxylic acids is 1. The zero-order chi connectivity index (χ0) is 15.9. The van der Waals surface area contributed by atoms with E-state index in [1.165, 1.54) is 6.08 Å². The molecule has 0 spiro atoms. The van der Waals surface area contributed by atoms with Gasteiger partial charge < -0.3 is 14.6 Å². The van der Waals surface area contributed by atoms with Gasteiger partial charge in [-0.3, -0.25) is 0 Å². The minimum absolute atomic E-state index is 0.330. The molecule has 0 saturated heterocycles. The highest BCUT2D eigenvalue weighted by molar-refractivity contribution is 9.09. The van der Waals surface area contributed by atoms with Gasteiger partial charge in [-0.2, -0.15) is 0 Å². The van der Waals surface area contributed by atoms with E-state index in [9.17, 15) is 9.90 Å². The van der Waals surface area contributed by atoms with Crippen molar-refractivity contribution in [3.8, 4) is 5.75 Å². The number of esters is 1. The van der Waals surface area contributed by atoms with Crippen molar-refractivity contribution in [3.63, 3.8) is 0 Å². The van der Waals surface area contributed by atoms with E-state index in [1.807, 2.05) is 24.3 Å². The maximum absolute atomic E-state index is 11.4. The summed E-state index contributed by atoms with van der Waals surface area (Å²) in [6, 6.07) is 7.40. The highest BCUT2D eigenvalue weighted by Crippen LogP contribution is 2.19. The molecule has 5 heteroatoms. The Labute approximate surface area is 133 Å². The second-order valence-electron chi connectivity index (χ2n) is 5.23. The predicted octanol–water partition coefficient (Wildman–Crippen LogP) is 3.22. The zero-order valence-electron chi connectivity index (χ0n) is 12.6. The van der Waals surface area contributed by atoms with E-state index in [4.69, 9.17) is 9.47 Å². The fourth-order valence-electron chi connectivity index (χ4n) is 1.74. The molecule has 1 rings (SSSR count). The van der Waals surface area contributed by atoms with Gasteiger partial charge in [0.2, 0.25) is 0 Å². The second-order valence-corrected chi connectivity index (χ2v) is 5.79. The summed E-state index contributed by atoms with van der Waals surface area (Å²) in [5.74, 6) is 0.679. The first-order valence-corrected chi connectivity index (χ1v) is 7.88. The molecular weight excluding hydrogens is 336 g/mol. The van der Waals surface area contributed by atoms with Gasteiger partial charge in [-0.25, -0.2) is 4.79 Å². The van der Waals surface area contributed by atoms with Crippen LogP contribution in [0.2, 0.25) is 0 Å². The van der Waals surface area contributed by atoms with E-state index < -0.39 is 11.6 Å². The monoisotopic (exact) mass is 356 g/mol. The molecule has 4 nitrogen and oxygen atoms in total. The number of halogens is 1. The smallest absolute Gasteiger partial charge is 0.334 e. The van der Waals surface area contributed by atoms with Crippen LogP contribution in [-0.4, -0.2) is 28.6 Å². The third-order valence-corrected chi connectivity index (χ3v) is 3.06. The number of ether oxygens (including phenoxy) is 2. The average molecular weight is 357 g/mol. The van der Waals surface area contributed by atoms with Crippen molar-refractivity contribution in [2.75, 3.05) is 11.9 Å². The summed E-state index contributed by atoms with van der Waals surface area (Å²) in [6.07, 6.45) is 1.89. The molecule has 116 valence electrons. The molecule has 1 aromatic rings. The minimum Gasteiger partial charge on any atom is -0.463 e. The molecule has 1 N–H and O–H groups in total. The van der Waals surface area contributed by atoms with Crippen molar-refractivity contribution in [2.24, 2.45) is 0 Å². The molecule has 0 aliphatic heterocycles. The Morgan fingerprint density at radius 2 is 1.95 bits per heavy atom. The molecule has 0 fully saturated rings. The Hall–Kier alpha value is -1.33. The molecule has 21 heavy (non-hydrogen) atoms. The lowest BCUT2D eigenvalue weighted by atomic mass is 9.99. The summed E-state index contributed by atoms with van der Waals surface area (Å²) in [4.78, 5) is 11.4. The first-order valence-electron chi connectivity index (χ1n) is 6.76. The second kappa shape index (κ2) is 8.20. The minimum atomic E-state index is -0.743. The maximum atomic E-state index is 11.4. The SMILES string of the molecule is CCOC(=O)/C=C(\CBr)Oc1ccc(CC(C)(C)O)cc1. The number of carbonyl (C=O) groups is 1. The van der Waals surface area contributed by atoms with E-state index in [0.29, 0.717) is 29.9 Å². The predicted molar refractivity (Wildman–Crippen MR) is 85.6 cm³/mol. The molecule has 0 aliphatic carbocycles. The van der Waals surface area contributed by atoms with Crippen LogP contribution in [0.1, 0.15) is 26.3 Å². The molecule has 0 saturated carbocycles. The number of alkyl halides is 1. The van der Waals surface area contributed by atoms with Crippen LogP contribution in [0.5, 0.6) is 5.75 Å². The van der Waals surface area contributed by atoms with Gasteiger partial charge in [-0.05, 0) is 38.5 Å². The van der Waals surface area contributed by atoms with Crippen LogP contribution in [0.25, 0.3) is 0 Å². The van der Waals surface area contributed by atoms with Gasteiger partial charge in [0.1, 0.15) is 11.5 Å². The van der Waals surface area contributed by atoms with E-state index in [0.717, 1.165) is 5.56 Å². The Morgan fingerprint density at radius 3 is 2.43 bits per heavy atom. The molecule has 0 aromatic heterocycles. The van der Waals surface area contributed by atoms with Gasteiger partial charge in [0, 0.05) is 6.42 Å². The molecular formula is C16H21BrO4. The quantitative estimate of drug-likeness (QED) is 0.352. The lowest BCUT2D eigenvalue weighted by molar-refractivity contribution is -0.137. The van der Waals surface area contributed by atoms with Crippen molar-refractivity contribution in [1.29, 1.82) is 0 Å². The van der Waals surface area contributed by atoms with E-state index in [1.54, 1.807) is 20.8 Å². The number of benzene rings is 1. The average Bonchev–Trinajstić information content (AvgIpc) is 2.38. The molecule has 1 aromatic carbocycles. The summed E-state index contributed by atoms with van der Waals surface area (Å²) in [7, 11) is 0. The summed E-state index contributed by atoms with van der Waals surface area (Å²) in [5.41, 5.74) is 0.275. The van der Waals surface area contributed by atoms with Crippen LogP contribution >= 0.6 is 15.9 Å². The summed E-state index contributed by atoms with van der Waals surface area (Å²) in [6.45, 7) is 5.61. The van der Waals surface area contributed by atoms with Crippen LogP contribution in [0.4, 0.5) is 0 Å². The van der Waals surface area contributed by atoms with Crippen molar-refractivity contribution in [3.05, 3.63) is 41.7 Å². The highest BCUT2D eigenvalue weighted by Gasteiger charge is 2.13. The first kappa shape index (κ1) is 17.7. The fraction of sp³-hybridized carbons (Fsp3) is 0.438. The van der Waals surface area contributed by atoms with Crippen molar-refractivity contribution in [1.82, 2.24) is 0 Å². The number of hydrogen-bond donors (Lipinski definition) is 1. The molecule has 0 radical (unpaired) electrons. The van der Waals surface area contributed by atoms with Crippen LogP contribution in [0.15, 0.2) is 36.1 Å². The molecule has 0 unspecified atom stereocenters. The van der Waals surface area contributed by atoms with Crippen molar-refractivity contribution < 1.29 is 19.4 Å². The van der Waals surface area contributed by atoms with E-state index in [-0.39, 0.29) is 0 Å². The lowest BCUT2D eigenvalue weighted by Gasteiger charge is -2.17. The Morgan fingerprint density at radius 1 is 1.33 bits per heavy atom. The van der Waals surface area contributed by atoms with Crippen molar-refractivity contribution >= 4 is 21.9 Å². The van der Waals surface area contributed by atoms with Crippen LogP contribution in [0.3, 0.4) is 0 Å². The topological polar surface area (TPSA) is 55.8 Å². The number of aliphatic hydroxyl groups is 1. The van der Waals surface area contributed by atoms with E-state index >= 15 is 0 Å². The maximum Gasteiger partial charge on any atom is 0.334 e. The molecule has 0 heterocycles. The highest BCUT2D eigenvalue weighted by atomic mass is 79.9. The Bertz CT molecular complexity index is 486. The van der Waals surface area contributed by atoms with Crippen molar-refractivity contribution in [2.45, 2.75) is 32.8 Å². The normalized spacial score (nSPS) is 12.1. The van der Waals surface area contributed by atoms with Crippen LogP contribution in [-0.2, 0) is 16.0 Å². The fourth-order valence-corrected chi connectivity index (χ4v) is 2.01. The molecule has 0 amide bonds. The molecule has 0 aliphatic rings. The summed E-state index contributed by atoms with van der Waals surface area (Å²) < 4.78 is 10.5. The van der Waals surface area contributed by atoms with Gasteiger partial charge >= 0.3 is 5.97 Å². The number of allylic oxidation sites excluding steroid dienone is 1. The summed E-state index contributed by atoms with van der Waals surface area (Å²) in [5, 5.41) is 10.2.